The topological polar surface area (TPSA) is 80.5 Å². The first kappa shape index (κ1) is 17.1. The first-order chi connectivity index (χ1) is 9.16. The third-order valence-electron chi connectivity index (χ3n) is 2.83. The maximum atomic E-state index is 12.4. The third kappa shape index (κ3) is 4.00. The fourth-order valence-corrected chi connectivity index (χ4v) is 3.45. The Hall–Kier alpha value is -0.990. The van der Waals surface area contributed by atoms with E-state index >= 15 is 0 Å². The Bertz CT molecular complexity index is 601. The van der Waals surface area contributed by atoms with Crippen LogP contribution in [0.4, 0.5) is 5.69 Å². The summed E-state index contributed by atoms with van der Waals surface area (Å²) >= 11 is 3.14. The van der Waals surface area contributed by atoms with E-state index in [1.165, 1.54) is 25.2 Å². The van der Waals surface area contributed by atoms with Gasteiger partial charge in [-0.2, -0.15) is 0 Å². The van der Waals surface area contributed by atoms with Gasteiger partial charge in [-0.15, -0.1) is 0 Å². The number of hydrogen-bond acceptors (Lipinski definition) is 4. The third-order valence-corrected chi connectivity index (χ3v) is 5.21. The molecule has 0 aliphatic rings. The van der Waals surface area contributed by atoms with Gasteiger partial charge in [0.15, 0.2) is 4.90 Å². The highest BCUT2D eigenvalue weighted by atomic mass is 79.9. The molecule has 0 heterocycles. The number of nitro groups is 1. The van der Waals surface area contributed by atoms with E-state index in [1.54, 1.807) is 0 Å². The van der Waals surface area contributed by atoms with Crippen LogP contribution in [0, 0.1) is 16.0 Å². The highest BCUT2D eigenvalue weighted by Crippen LogP contribution is 2.29. The molecule has 0 amide bonds. The van der Waals surface area contributed by atoms with Crippen molar-refractivity contribution in [1.29, 1.82) is 0 Å². The van der Waals surface area contributed by atoms with E-state index in [1.807, 2.05) is 13.8 Å². The lowest BCUT2D eigenvalue weighted by atomic mass is 10.1. The summed E-state index contributed by atoms with van der Waals surface area (Å²) in [5.41, 5.74) is -0.412. The van der Waals surface area contributed by atoms with Gasteiger partial charge in [-0.05, 0) is 24.5 Å². The van der Waals surface area contributed by atoms with Crippen molar-refractivity contribution in [2.75, 3.05) is 13.6 Å². The van der Waals surface area contributed by atoms with Gasteiger partial charge in [0.1, 0.15) is 0 Å². The second kappa shape index (κ2) is 6.64. The first-order valence-corrected chi connectivity index (χ1v) is 8.30. The minimum Gasteiger partial charge on any atom is -0.258 e. The predicted molar refractivity (Wildman–Crippen MR) is 80.1 cm³/mol. The Morgan fingerprint density at radius 2 is 2.00 bits per heavy atom. The SMILES string of the molecule is CC(C)CCN(C)S(=O)(=O)c1cc(Br)ccc1[N+](=O)[O-]. The van der Waals surface area contributed by atoms with Gasteiger partial charge < -0.3 is 0 Å². The number of halogens is 1. The maximum Gasteiger partial charge on any atom is 0.289 e. The lowest BCUT2D eigenvalue weighted by Crippen LogP contribution is -2.29. The van der Waals surface area contributed by atoms with E-state index in [0.717, 1.165) is 4.31 Å². The molecule has 0 atom stereocenters. The molecule has 0 saturated carbocycles. The van der Waals surface area contributed by atoms with Crippen LogP contribution < -0.4 is 0 Å². The minimum absolute atomic E-state index is 0.289. The molecule has 0 aromatic heterocycles. The van der Waals surface area contributed by atoms with E-state index in [0.29, 0.717) is 23.4 Å². The Labute approximate surface area is 127 Å². The Morgan fingerprint density at radius 3 is 2.50 bits per heavy atom. The van der Waals surface area contributed by atoms with Crippen LogP contribution in [0.25, 0.3) is 0 Å². The Balaban J connectivity index is 3.21. The predicted octanol–water partition coefficient (Wildman–Crippen LogP) is 3.02. The van der Waals surface area contributed by atoms with Gasteiger partial charge in [-0.3, -0.25) is 10.1 Å². The van der Waals surface area contributed by atoms with Crippen LogP contribution in [-0.2, 0) is 10.0 Å². The van der Waals surface area contributed by atoms with Crippen LogP contribution in [0.3, 0.4) is 0 Å². The molecule has 0 unspecified atom stereocenters. The molecule has 20 heavy (non-hydrogen) atoms. The molecule has 1 aromatic rings. The van der Waals surface area contributed by atoms with Crippen molar-refractivity contribution in [3.8, 4) is 0 Å². The Kier molecular flexibility index (Phi) is 5.67. The maximum absolute atomic E-state index is 12.4. The zero-order valence-corrected chi connectivity index (χ0v) is 13.9. The molecule has 0 radical (unpaired) electrons. The summed E-state index contributed by atoms with van der Waals surface area (Å²) in [4.78, 5) is 10.0. The smallest absolute Gasteiger partial charge is 0.258 e. The molecule has 0 bridgehead atoms. The average molecular weight is 365 g/mol. The summed E-state index contributed by atoms with van der Waals surface area (Å²) < 4.78 is 26.5. The van der Waals surface area contributed by atoms with Crippen molar-refractivity contribution >= 4 is 31.6 Å². The number of rotatable bonds is 6. The van der Waals surface area contributed by atoms with Crippen molar-refractivity contribution in [2.45, 2.75) is 25.2 Å². The van der Waals surface area contributed by atoms with Crippen LogP contribution in [0.5, 0.6) is 0 Å². The zero-order valence-electron chi connectivity index (χ0n) is 11.5. The molecule has 0 aliphatic carbocycles. The number of hydrogen-bond donors (Lipinski definition) is 0. The number of nitrogens with zero attached hydrogens (tertiary/aromatic N) is 2. The summed E-state index contributed by atoms with van der Waals surface area (Å²) in [7, 11) is -2.44. The van der Waals surface area contributed by atoms with E-state index in [4.69, 9.17) is 0 Å². The highest BCUT2D eigenvalue weighted by Gasteiger charge is 2.29. The van der Waals surface area contributed by atoms with E-state index < -0.39 is 20.6 Å². The molecule has 8 heteroatoms. The van der Waals surface area contributed by atoms with E-state index in [2.05, 4.69) is 15.9 Å². The van der Waals surface area contributed by atoms with Gasteiger partial charge in [0.2, 0.25) is 10.0 Å². The van der Waals surface area contributed by atoms with Gasteiger partial charge in [0.25, 0.3) is 5.69 Å². The minimum atomic E-state index is -3.87. The summed E-state index contributed by atoms with van der Waals surface area (Å²) in [5.74, 6) is 0.352. The normalized spacial score (nSPS) is 12.1. The summed E-state index contributed by atoms with van der Waals surface area (Å²) in [6, 6.07) is 3.90. The standard InChI is InChI=1S/C12H17BrN2O4S/c1-9(2)6-7-14(3)20(18,19)12-8-10(13)4-5-11(12)15(16)17/h4-5,8-9H,6-7H2,1-3H3. The van der Waals surface area contributed by atoms with Crippen molar-refractivity contribution in [2.24, 2.45) is 5.92 Å². The van der Waals surface area contributed by atoms with Crippen LogP contribution in [-0.4, -0.2) is 31.2 Å². The van der Waals surface area contributed by atoms with E-state index in [9.17, 15) is 18.5 Å². The largest absolute Gasteiger partial charge is 0.289 e. The zero-order chi connectivity index (χ0) is 15.5. The fraction of sp³-hybridized carbons (Fsp3) is 0.500. The lowest BCUT2D eigenvalue weighted by molar-refractivity contribution is -0.387. The Morgan fingerprint density at radius 1 is 1.40 bits per heavy atom. The van der Waals surface area contributed by atoms with Crippen molar-refractivity contribution < 1.29 is 13.3 Å². The van der Waals surface area contributed by atoms with Crippen LogP contribution in [0.1, 0.15) is 20.3 Å². The molecule has 112 valence electrons. The highest BCUT2D eigenvalue weighted by molar-refractivity contribution is 9.10. The second-order valence-corrected chi connectivity index (χ2v) is 7.81. The first-order valence-electron chi connectivity index (χ1n) is 6.06. The molecule has 1 rings (SSSR count). The van der Waals surface area contributed by atoms with Crippen LogP contribution in [0.2, 0.25) is 0 Å². The average Bonchev–Trinajstić information content (AvgIpc) is 2.35. The molecule has 0 aliphatic heterocycles. The van der Waals surface area contributed by atoms with E-state index in [-0.39, 0.29) is 4.90 Å². The van der Waals surface area contributed by atoms with Crippen LogP contribution in [0.15, 0.2) is 27.6 Å². The lowest BCUT2D eigenvalue weighted by Gasteiger charge is -2.18. The molecule has 1 aromatic carbocycles. The van der Waals surface area contributed by atoms with Crippen molar-refractivity contribution in [3.63, 3.8) is 0 Å². The quantitative estimate of drug-likeness (QED) is 0.573. The molecule has 0 fully saturated rings. The summed E-state index contributed by atoms with van der Waals surface area (Å²) in [6.45, 7) is 4.30. The molecular formula is C12H17BrN2O4S. The second-order valence-electron chi connectivity index (χ2n) is 4.88. The summed E-state index contributed by atoms with van der Waals surface area (Å²) in [6.07, 6.45) is 0.692. The monoisotopic (exact) mass is 364 g/mol. The van der Waals surface area contributed by atoms with Gasteiger partial charge in [-0.1, -0.05) is 29.8 Å². The van der Waals surface area contributed by atoms with Gasteiger partial charge in [0.05, 0.1) is 4.92 Å². The van der Waals surface area contributed by atoms with Gasteiger partial charge in [0, 0.05) is 24.1 Å². The number of benzene rings is 1. The number of sulfonamides is 1. The van der Waals surface area contributed by atoms with Crippen molar-refractivity contribution in [1.82, 2.24) is 4.31 Å². The number of nitro benzene ring substituents is 1. The van der Waals surface area contributed by atoms with Crippen LogP contribution >= 0.6 is 15.9 Å². The van der Waals surface area contributed by atoms with Crippen molar-refractivity contribution in [3.05, 3.63) is 32.8 Å². The van der Waals surface area contributed by atoms with Gasteiger partial charge in [-0.25, -0.2) is 12.7 Å². The molecule has 6 nitrogen and oxygen atoms in total. The summed E-state index contributed by atoms with van der Waals surface area (Å²) in [5, 5.41) is 11.0. The molecule has 0 saturated heterocycles. The molecule has 0 N–H and O–H groups in total. The van der Waals surface area contributed by atoms with Gasteiger partial charge >= 0.3 is 0 Å². The molecular weight excluding hydrogens is 348 g/mol. The molecule has 0 spiro atoms. The fourth-order valence-electron chi connectivity index (χ4n) is 1.57.